The van der Waals surface area contributed by atoms with E-state index in [0.29, 0.717) is 13.0 Å². The van der Waals surface area contributed by atoms with Crippen molar-refractivity contribution in [3.05, 3.63) is 29.8 Å². The third-order valence-electron chi connectivity index (χ3n) is 3.49. The molecule has 20 heavy (non-hydrogen) atoms. The predicted octanol–water partition coefficient (Wildman–Crippen LogP) is 1.43. The van der Waals surface area contributed by atoms with Gasteiger partial charge in [-0.15, -0.1) is 0 Å². The second-order valence-corrected chi connectivity index (χ2v) is 7.08. The van der Waals surface area contributed by atoms with Gasteiger partial charge < -0.3 is 4.90 Å². The van der Waals surface area contributed by atoms with Crippen LogP contribution >= 0.6 is 0 Å². The van der Waals surface area contributed by atoms with E-state index in [9.17, 15) is 13.2 Å². The van der Waals surface area contributed by atoms with E-state index in [1.54, 1.807) is 11.8 Å². The number of anilines is 1. The fourth-order valence-electron chi connectivity index (χ4n) is 2.27. The maximum Gasteiger partial charge on any atom is 0.245 e. The molecule has 0 unspecified atom stereocenters. The fraction of sp³-hybridized carbons (Fsp3) is 0.500. The zero-order valence-electron chi connectivity index (χ0n) is 11.8. The Bertz CT molecular complexity index is 581. The van der Waals surface area contributed by atoms with Gasteiger partial charge in [-0.3, -0.25) is 4.79 Å². The van der Waals surface area contributed by atoms with Crippen molar-refractivity contribution in [3.8, 4) is 0 Å². The number of aryl methyl sites for hydroxylation is 1. The summed E-state index contributed by atoms with van der Waals surface area (Å²) in [6.07, 6.45) is 1.34. The molecule has 1 aliphatic rings. The molecular formula is C14H20N2O3S. The van der Waals surface area contributed by atoms with Crippen LogP contribution in [0, 0.1) is 6.92 Å². The van der Waals surface area contributed by atoms with E-state index in [2.05, 4.69) is 4.72 Å². The van der Waals surface area contributed by atoms with Crippen LogP contribution in [0.2, 0.25) is 0 Å². The number of nitrogens with zero attached hydrogens (tertiary/aromatic N) is 1. The molecular weight excluding hydrogens is 276 g/mol. The minimum absolute atomic E-state index is 0.0126. The van der Waals surface area contributed by atoms with Gasteiger partial charge >= 0.3 is 0 Å². The van der Waals surface area contributed by atoms with Crippen molar-refractivity contribution in [2.45, 2.75) is 32.7 Å². The van der Waals surface area contributed by atoms with Crippen LogP contribution in [0.5, 0.6) is 0 Å². The summed E-state index contributed by atoms with van der Waals surface area (Å²) in [7, 11) is -3.36. The summed E-state index contributed by atoms with van der Waals surface area (Å²) >= 11 is 0. The van der Waals surface area contributed by atoms with Crippen molar-refractivity contribution < 1.29 is 13.2 Å². The van der Waals surface area contributed by atoms with Crippen LogP contribution in [0.1, 0.15) is 25.3 Å². The van der Waals surface area contributed by atoms with Crippen molar-refractivity contribution >= 4 is 21.6 Å². The van der Waals surface area contributed by atoms with Gasteiger partial charge in [0.2, 0.25) is 15.9 Å². The summed E-state index contributed by atoms with van der Waals surface area (Å²) in [4.78, 5) is 14.1. The Morgan fingerprint density at radius 2 is 1.95 bits per heavy atom. The minimum Gasteiger partial charge on any atom is -0.311 e. The SMILES string of the molecule is CCS(=O)(=O)N[C@@H]1CCCN(c2ccc(C)cc2)C1=O. The molecule has 0 spiro atoms. The number of hydrogen-bond acceptors (Lipinski definition) is 3. The largest absolute Gasteiger partial charge is 0.311 e. The van der Waals surface area contributed by atoms with Crippen molar-refractivity contribution in [3.63, 3.8) is 0 Å². The molecule has 110 valence electrons. The number of piperidine rings is 1. The quantitative estimate of drug-likeness (QED) is 0.914. The number of benzene rings is 1. The van der Waals surface area contributed by atoms with Crippen LogP contribution < -0.4 is 9.62 Å². The molecule has 1 N–H and O–H groups in total. The molecule has 6 heteroatoms. The van der Waals surface area contributed by atoms with Gasteiger partial charge in [0.1, 0.15) is 6.04 Å². The van der Waals surface area contributed by atoms with Gasteiger partial charge in [0.25, 0.3) is 0 Å². The first-order valence-electron chi connectivity index (χ1n) is 6.81. The Kier molecular flexibility index (Phi) is 4.45. The average Bonchev–Trinajstić information content (AvgIpc) is 2.42. The third kappa shape index (κ3) is 3.37. The molecule has 0 saturated carbocycles. The zero-order valence-corrected chi connectivity index (χ0v) is 12.6. The van der Waals surface area contributed by atoms with Gasteiger partial charge in [-0.1, -0.05) is 17.7 Å². The summed E-state index contributed by atoms with van der Waals surface area (Å²) in [6.45, 7) is 4.18. The highest BCUT2D eigenvalue weighted by Crippen LogP contribution is 2.21. The van der Waals surface area contributed by atoms with Gasteiger partial charge in [-0.25, -0.2) is 13.1 Å². The van der Waals surface area contributed by atoms with Crippen LogP contribution in [0.4, 0.5) is 5.69 Å². The molecule has 0 bridgehead atoms. The van der Waals surface area contributed by atoms with Crippen molar-refractivity contribution in [2.75, 3.05) is 17.2 Å². The Balaban J connectivity index is 2.16. The number of rotatable bonds is 4. The standard InChI is InChI=1S/C14H20N2O3S/c1-3-20(18,19)15-13-5-4-10-16(14(13)17)12-8-6-11(2)7-9-12/h6-9,13,15H,3-5,10H2,1-2H3/t13-/m1/s1. The fourth-order valence-corrected chi connectivity index (χ4v) is 3.08. The molecule has 1 heterocycles. The van der Waals surface area contributed by atoms with Crippen LogP contribution in [-0.4, -0.2) is 32.7 Å². The van der Waals surface area contributed by atoms with E-state index in [1.807, 2.05) is 31.2 Å². The lowest BCUT2D eigenvalue weighted by Gasteiger charge is -2.32. The Morgan fingerprint density at radius 3 is 2.55 bits per heavy atom. The Labute approximate surface area is 120 Å². The van der Waals surface area contributed by atoms with Gasteiger partial charge in [0.15, 0.2) is 0 Å². The third-order valence-corrected chi connectivity index (χ3v) is 4.89. The number of hydrogen-bond donors (Lipinski definition) is 1. The molecule has 2 rings (SSSR count). The second kappa shape index (κ2) is 5.93. The first-order valence-corrected chi connectivity index (χ1v) is 8.46. The highest BCUT2D eigenvalue weighted by Gasteiger charge is 2.31. The summed E-state index contributed by atoms with van der Waals surface area (Å²) in [5.74, 6) is -0.182. The minimum atomic E-state index is -3.36. The summed E-state index contributed by atoms with van der Waals surface area (Å²) in [6, 6.07) is 7.04. The van der Waals surface area contributed by atoms with Crippen LogP contribution in [0.3, 0.4) is 0 Å². The summed E-state index contributed by atoms with van der Waals surface area (Å²) < 4.78 is 25.7. The van der Waals surface area contributed by atoms with Crippen molar-refractivity contribution in [2.24, 2.45) is 0 Å². The smallest absolute Gasteiger partial charge is 0.245 e. The molecule has 1 aromatic carbocycles. The maximum atomic E-state index is 12.4. The van der Waals surface area contributed by atoms with Crippen molar-refractivity contribution in [1.29, 1.82) is 0 Å². The van der Waals surface area contributed by atoms with E-state index in [0.717, 1.165) is 17.7 Å². The highest BCUT2D eigenvalue weighted by atomic mass is 32.2. The average molecular weight is 296 g/mol. The first-order chi connectivity index (χ1) is 9.43. The lowest BCUT2D eigenvalue weighted by atomic mass is 10.0. The molecule has 1 aliphatic heterocycles. The number of carbonyl (C=O) groups excluding carboxylic acids is 1. The number of carbonyl (C=O) groups is 1. The van der Waals surface area contributed by atoms with Gasteiger partial charge in [-0.05, 0) is 38.8 Å². The molecule has 0 radical (unpaired) electrons. The lowest BCUT2D eigenvalue weighted by molar-refractivity contribution is -0.121. The van der Waals surface area contributed by atoms with E-state index >= 15 is 0 Å². The van der Waals surface area contributed by atoms with E-state index in [-0.39, 0.29) is 11.7 Å². The Morgan fingerprint density at radius 1 is 1.30 bits per heavy atom. The van der Waals surface area contributed by atoms with Crippen LogP contribution in [-0.2, 0) is 14.8 Å². The van der Waals surface area contributed by atoms with E-state index in [1.165, 1.54) is 0 Å². The molecule has 5 nitrogen and oxygen atoms in total. The van der Waals surface area contributed by atoms with E-state index in [4.69, 9.17) is 0 Å². The molecule has 1 amide bonds. The normalized spacial score (nSPS) is 20.2. The van der Waals surface area contributed by atoms with Gasteiger partial charge in [-0.2, -0.15) is 0 Å². The van der Waals surface area contributed by atoms with Crippen molar-refractivity contribution in [1.82, 2.24) is 4.72 Å². The number of amides is 1. The van der Waals surface area contributed by atoms with E-state index < -0.39 is 16.1 Å². The molecule has 1 aromatic rings. The highest BCUT2D eigenvalue weighted by molar-refractivity contribution is 7.89. The molecule has 1 saturated heterocycles. The predicted molar refractivity (Wildman–Crippen MR) is 79.2 cm³/mol. The number of nitrogens with one attached hydrogen (secondary N) is 1. The second-order valence-electron chi connectivity index (χ2n) is 5.04. The summed E-state index contributed by atoms with van der Waals surface area (Å²) in [5.41, 5.74) is 1.95. The lowest BCUT2D eigenvalue weighted by Crippen LogP contribution is -2.52. The van der Waals surface area contributed by atoms with Gasteiger partial charge in [0.05, 0.1) is 5.75 Å². The zero-order chi connectivity index (χ0) is 14.8. The number of sulfonamides is 1. The molecule has 0 aromatic heterocycles. The molecule has 0 aliphatic carbocycles. The maximum absolute atomic E-state index is 12.4. The van der Waals surface area contributed by atoms with Crippen LogP contribution in [0.15, 0.2) is 24.3 Å². The monoisotopic (exact) mass is 296 g/mol. The topological polar surface area (TPSA) is 66.5 Å². The van der Waals surface area contributed by atoms with Gasteiger partial charge in [0, 0.05) is 12.2 Å². The first kappa shape index (κ1) is 15.0. The Hall–Kier alpha value is -1.40. The molecule has 1 fully saturated rings. The summed E-state index contributed by atoms with van der Waals surface area (Å²) in [5, 5.41) is 0. The van der Waals surface area contributed by atoms with Crippen LogP contribution in [0.25, 0.3) is 0 Å². The molecule has 1 atom stereocenters.